The van der Waals surface area contributed by atoms with Crippen LogP contribution >= 0.6 is 0 Å². The number of carbonyl (C=O) groups excluding carboxylic acids is 1. The molecule has 0 aromatic carbocycles. The fourth-order valence-corrected chi connectivity index (χ4v) is 2.23. The van der Waals surface area contributed by atoms with Crippen LogP contribution < -0.4 is 10.6 Å². The van der Waals surface area contributed by atoms with Gasteiger partial charge in [-0.2, -0.15) is 0 Å². The van der Waals surface area contributed by atoms with Crippen molar-refractivity contribution in [3.8, 4) is 0 Å². The molecule has 1 saturated heterocycles. The van der Waals surface area contributed by atoms with Crippen LogP contribution in [0.25, 0.3) is 0 Å². The Morgan fingerprint density at radius 2 is 2.42 bits per heavy atom. The number of hydrogen-bond donors (Lipinski definition) is 2. The molecule has 1 aliphatic rings. The van der Waals surface area contributed by atoms with Crippen molar-refractivity contribution in [3.05, 3.63) is 17.8 Å². The zero-order chi connectivity index (χ0) is 14.0. The van der Waals surface area contributed by atoms with Gasteiger partial charge in [0.25, 0.3) is 0 Å². The van der Waals surface area contributed by atoms with Gasteiger partial charge in [0.1, 0.15) is 0 Å². The maximum absolute atomic E-state index is 11.8. The molecule has 0 bridgehead atoms. The molecule has 0 amide bonds. The lowest BCUT2D eigenvalue weighted by molar-refractivity contribution is 0.0527. The van der Waals surface area contributed by atoms with Gasteiger partial charge in [0.2, 0.25) is 0 Å². The third-order valence-corrected chi connectivity index (χ3v) is 3.22. The van der Waals surface area contributed by atoms with Gasteiger partial charge >= 0.3 is 5.97 Å². The van der Waals surface area contributed by atoms with Crippen molar-refractivity contribution in [2.45, 2.75) is 25.9 Å². The van der Waals surface area contributed by atoms with E-state index < -0.39 is 11.6 Å². The number of ether oxygens (including phenoxy) is 1. The fraction of sp³-hybridized carbons (Fsp3) is 0.538. The van der Waals surface area contributed by atoms with Gasteiger partial charge in [0, 0.05) is 19.3 Å². The minimum atomic E-state index is -0.742. The summed E-state index contributed by atoms with van der Waals surface area (Å²) in [5, 5.41) is 9.98. The van der Waals surface area contributed by atoms with Gasteiger partial charge in [-0.15, -0.1) is 0 Å². The number of anilines is 2. The average Bonchev–Trinajstić information content (AvgIpc) is 2.70. The summed E-state index contributed by atoms with van der Waals surface area (Å²) in [5.74, 6) is 0.0814. The van der Waals surface area contributed by atoms with E-state index in [0.29, 0.717) is 43.2 Å². The largest absolute Gasteiger partial charge is 0.462 e. The smallest absolute Gasteiger partial charge is 0.340 e. The average molecular weight is 265 g/mol. The van der Waals surface area contributed by atoms with Crippen LogP contribution in [0.1, 0.15) is 30.6 Å². The number of β-amino-alcohol motifs (C(OH)–C–C–N with tert-alkyl or cyclic N) is 1. The molecular formula is C13H19N3O3. The van der Waals surface area contributed by atoms with E-state index in [1.165, 1.54) is 6.20 Å². The SMILES string of the molecule is CCOC(=O)c1ccnc(N2CCC(C)(O)C2)c1N. The standard InChI is InChI=1S/C13H19N3O3/c1-3-19-12(17)9-4-6-15-11(10(9)14)16-7-5-13(2,18)8-16/h4,6,18H,3,5,7-8,14H2,1-2H3. The molecule has 2 rings (SSSR count). The van der Waals surface area contributed by atoms with Gasteiger partial charge in [-0.1, -0.05) is 0 Å². The highest BCUT2D eigenvalue weighted by molar-refractivity contribution is 5.97. The third-order valence-electron chi connectivity index (χ3n) is 3.22. The Morgan fingerprint density at radius 1 is 1.68 bits per heavy atom. The van der Waals surface area contributed by atoms with Crippen LogP contribution in [0.3, 0.4) is 0 Å². The number of esters is 1. The number of hydrogen-bond acceptors (Lipinski definition) is 6. The molecule has 6 heteroatoms. The van der Waals surface area contributed by atoms with Crippen molar-refractivity contribution in [2.24, 2.45) is 0 Å². The summed E-state index contributed by atoms with van der Waals surface area (Å²) in [7, 11) is 0. The number of nitrogens with two attached hydrogens (primary N) is 1. The van der Waals surface area contributed by atoms with Crippen LogP contribution in [-0.2, 0) is 4.74 Å². The summed E-state index contributed by atoms with van der Waals surface area (Å²) >= 11 is 0. The summed E-state index contributed by atoms with van der Waals surface area (Å²) < 4.78 is 4.95. The highest BCUT2D eigenvalue weighted by Crippen LogP contribution is 2.30. The Balaban J connectivity index is 2.28. The lowest BCUT2D eigenvalue weighted by atomic mass is 10.1. The second-order valence-corrected chi connectivity index (χ2v) is 4.98. The van der Waals surface area contributed by atoms with Crippen LogP contribution in [0.5, 0.6) is 0 Å². The van der Waals surface area contributed by atoms with Crippen molar-refractivity contribution in [2.75, 3.05) is 30.3 Å². The highest BCUT2D eigenvalue weighted by Gasteiger charge is 2.33. The van der Waals surface area contributed by atoms with Crippen LogP contribution in [-0.4, -0.2) is 41.4 Å². The summed E-state index contributed by atoms with van der Waals surface area (Å²) in [6, 6.07) is 1.55. The highest BCUT2D eigenvalue weighted by atomic mass is 16.5. The molecule has 0 spiro atoms. The first kappa shape index (κ1) is 13.6. The van der Waals surface area contributed by atoms with Gasteiger partial charge in [-0.3, -0.25) is 0 Å². The maximum Gasteiger partial charge on any atom is 0.340 e. The van der Waals surface area contributed by atoms with Gasteiger partial charge in [-0.25, -0.2) is 9.78 Å². The Hall–Kier alpha value is -1.82. The molecule has 0 radical (unpaired) electrons. The number of aromatic nitrogens is 1. The quantitative estimate of drug-likeness (QED) is 0.786. The van der Waals surface area contributed by atoms with Crippen LogP contribution in [0.15, 0.2) is 12.3 Å². The monoisotopic (exact) mass is 265 g/mol. The lowest BCUT2D eigenvalue weighted by Crippen LogP contribution is -2.30. The second-order valence-electron chi connectivity index (χ2n) is 4.98. The summed E-state index contributed by atoms with van der Waals surface area (Å²) in [6.45, 7) is 4.94. The van der Waals surface area contributed by atoms with E-state index in [1.807, 2.05) is 4.90 Å². The van der Waals surface area contributed by atoms with Crippen LogP contribution in [0.2, 0.25) is 0 Å². The van der Waals surface area contributed by atoms with Gasteiger partial charge in [0.15, 0.2) is 5.82 Å². The van der Waals surface area contributed by atoms with Crippen LogP contribution in [0, 0.1) is 0 Å². The van der Waals surface area contributed by atoms with Crippen molar-refractivity contribution in [1.82, 2.24) is 4.98 Å². The predicted molar refractivity (Wildman–Crippen MR) is 72.1 cm³/mol. The third kappa shape index (κ3) is 2.78. The second kappa shape index (κ2) is 5.05. The van der Waals surface area contributed by atoms with E-state index in [0.717, 1.165) is 0 Å². The first-order chi connectivity index (χ1) is 8.94. The zero-order valence-electron chi connectivity index (χ0n) is 11.2. The summed E-state index contributed by atoms with van der Waals surface area (Å²) in [4.78, 5) is 17.9. The molecule has 1 aromatic heterocycles. The number of rotatable bonds is 3. The van der Waals surface area contributed by atoms with Gasteiger partial charge < -0.3 is 20.5 Å². The Kier molecular flexibility index (Phi) is 3.61. The van der Waals surface area contributed by atoms with Crippen LogP contribution in [0.4, 0.5) is 11.5 Å². The summed E-state index contributed by atoms with van der Waals surface area (Å²) in [6.07, 6.45) is 2.18. The molecule has 6 nitrogen and oxygen atoms in total. The molecule has 3 N–H and O–H groups in total. The molecule has 1 aliphatic heterocycles. The maximum atomic E-state index is 11.8. The Morgan fingerprint density at radius 3 is 3.00 bits per heavy atom. The molecule has 1 atom stereocenters. The molecule has 104 valence electrons. The van der Waals surface area contributed by atoms with E-state index in [-0.39, 0.29) is 0 Å². The minimum Gasteiger partial charge on any atom is -0.462 e. The Labute approximate surface area is 112 Å². The normalized spacial score (nSPS) is 22.6. The van der Waals surface area contributed by atoms with Crippen molar-refractivity contribution < 1.29 is 14.6 Å². The van der Waals surface area contributed by atoms with E-state index in [4.69, 9.17) is 10.5 Å². The van der Waals surface area contributed by atoms with E-state index in [2.05, 4.69) is 4.98 Å². The molecule has 0 saturated carbocycles. The zero-order valence-corrected chi connectivity index (χ0v) is 11.2. The number of nitrogen functional groups attached to an aromatic ring is 1. The van der Waals surface area contributed by atoms with Crippen molar-refractivity contribution in [3.63, 3.8) is 0 Å². The lowest BCUT2D eigenvalue weighted by Gasteiger charge is -2.21. The molecule has 1 unspecified atom stereocenters. The molecule has 1 aromatic rings. The number of nitrogens with zero attached hydrogens (tertiary/aromatic N) is 2. The molecule has 2 heterocycles. The number of aliphatic hydroxyl groups is 1. The molecule has 1 fully saturated rings. The number of pyridine rings is 1. The minimum absolute atomic E-state index is 0.300. The van der Waals surface area contributed by atoms with Crippen molar-refractivity contribution in [1.29, 1.82) is 0 Å². The number of carbonyl (C=O) groups is 1. The van der Waals surface area contributed by atoms with Gasteiger partial charge in [0.05, 0.1) is 23.5 Å². The predicted octanol–water partition coefficient (Wildman–Crippen LogP) is 0.802. The van der Waals surface area contributed by atoms with E-state index in [9.17, 15) is 9.90 Å². The molecule has 19 heavy (non-hydrogen) atoms. The first-order valence-corrected chi connectivity index (χ1v) is 6.33. The topological polar surface area (TPSA) is 88.7 Å². The Bertz CT molecular complexity index is 488. The summed E-state index contributed by atoms with van der Waals surface area (Å²) in [5.41, 5.74) is 5.88. The molecule has 0 aliphatic carbocycles. The first-order valence-electron chi connectivity index (χ1n) is 6.33. The molecular weight excluding hydrogens is 246 g/mol. The van der Waals surface area contributed by atoms with E-state index >= 15 is 0 Å². The fourth-order valence-electron chi connectivity index (χ4n) is 2.23. The van der Waals surface area contributed by atoms with Gasteiger partial charge in [-0.05, 0) is 26.3 Å². The van der Waals surface area contributed by atoms with Crippen molar-refractivity contribution >= 4 is 17.5 Å². The van der Waals surface area contributed by atoms with E-state index in [1.54, 1.807) is 19.9 Å².